The number of nitrogens with zero attached hydrogens (tertiary/aromatic N) is 5. The summed E-state index contributed by atoms with van der Waals surface area (Å²) >= 11 is 0. The molecule has 3 N–H and O–H groups in total. The molecule has 3 aromatic rings. The molecule has 1 aromatic heterocycles. The second kappa shape index (κ2) is 9.25. The minimum Gasteiger partial charge on any atom is -0.452 e. The third-order valence-corrected chi connectivity index (χ3v) is 5.38. The van der Waals surface area contributed by atoms with Crippen LogP contribution < -0.4 is 16.0 Å². The first-order valence-electron chi connectivity index (χ1n) is 10.8. The van der Waals surface area contributed by atoms with Gasteiger partial charge in [-0.05, 0) is 24.1 Å². The van der Waals surface area contributed by atoms with Crippen molar-refractivity contribution in [3.05, 3.63) is 77.4 Å². The van der Waals surface area contributed by atoms with Crippen LogP contribution in [0.5, 0.6) is 0 Å². The summed E-state index contributed by atoms with van der Waals surface area (Å²) in [5, 5.41) is 3.27. The van der Waals surface area contributed by atoms with Gasteiger partial charge in [0, 0.05) is 18.8 Å². The number of nitrogen functional groups attached to an aromatic ring is 1. The highest BCUT2D eigenvalue weighted by Crippen LogP contribution is 2.28. The molecular weight excluding hydrogens is 418 g/mol. The van der Waals surface area contributed by atoms with Crippen molar-refractivity contribution in [2.45, 2.75) is 13.0 Å². The minimum atomic E-state index is -0.321. The molecule has 0 amide bonds. The standard InChI is InChI=1S/C24H25N7O2/c1-16-6-5-9-18(14-16)20-15-19(17-7-3-2-4-8-17)26-24(33-20)30-22-27-21(25)28-23(29-22)31-10-12-32-13-11-31/h2-9,14-15,20H,10-13H2,1H3,(H3,25,26,27,28,29,30). The highest BCUT2D eigenvalue weighted by molar-refractivity contribution is 5.88. The molecule has 2 aromatic carbocycles. The molecule has 3 heterocycles. The summed E-state index contributed by atoms with van der Waals surface area (Å²) in [6, 6.07) is 18.5. The second-order valence-electron chi connectivity index (χ2n) is 7.83. The van der Waals surface area contributed by atoms with E-state index in [0.717, 1.165) is 22.4 Å². The summed E-state index contributed by atoms with van der Waals surface area (Å²) in [5.74, 6) is 0.773. The van der Waals surface area contributed by atoms with Gasteiger partial charge in [0.05, 0.1) is 13.2 Å². The van der Waals surface area contributed by atoms with Gasteiger partial charge in [-0.15, -0.1) is 0 Å². The molecule has 1 saturated heterocycles. The third kappa shape index (κ3) is 4.93. The average Bonchev–Trinajstić information content (AvgIpc) is 2.84. The summed E-state index contributed by atoms with van der Waals surface area (Å²) in [4.78, 5) is 19.5. The normalized spacial score (nSPS) is 19.5. The zero-order valence-corrected chi connectivity index (χ0v) is 18.3. The quantitative estimate of drug-likeness (QED) is 0.633. The van der Waals surface area contributed by atoms with Gasteiger partial charge >= 0.3 is 0 Å². The van der Waals surface area contributed by atoms with Crippen molar-refractivity contribution in [3.8, 4) is 0 Å². The summed E-state index contributed by atoms with van der Waals surface area (Å²) in [6.45, 7) is 4.66. The minimum absolute atomic E-state index is 0.107. The van der Waals surface area contributed by atoms with E-state index in [9.17, 15) is 0 Å². The lowest BCUT2D eigenvalue weighted by atomic mass is 10.0. The molecule has 0 aliphatic carbocycles. The Bertz CT molecular complexity index is 1190. The number of aliphatic imine (C=N–C) groups is 1. The maximum atomic E-state index is 6.20. The lowest BCUT2D eigenvalue weighted by Gasteiger charge is -2.27. The molecule has 9 nitrogen and oxygen atoms in total. The molecule has 1 unspecified atom stereocenters. The zero-order chi connectivity index (χ0) is 22.6. The summed E-state index contributed by atoms with van der Waals surface area (Å²) < 4.78 is 11.6. The number of aromatic nitrogens is 3. The van der Waals surface area contributed by atoms with E-state index in [-0.39, 0.29) is 18.0 Å². The van der Waals surface area contributed by atoms with Crippen LogP contribution in [0.4, 0.5) is 17.8 Å². The van der Waals surface area contributed by atoms with Crippen molar-refractivity contribution in [1.82, 2.24) is 20.3 Å². The number of nitrogens with one attached hydrogen (secondary N) is 1. The Labute approximate surface area is 192 Å². The van der Waals surface area contributed by atoms with Crippen molar-refractivity contribution >= 4 is 29.6 Å². The van der Waals surface area contributed by atoms with E-state index in [2.05, 4.69) is 44.3 Å². The fourth-order valence-corrected chi connectivity index (χ4v) is 3.76. The number of anilines is 2. The molecule has 5 rings (SSSR count). The van der Waals surface area contributed by atoms with E-state index in [4.69, 9.17) is 15.2 Å². The SMILES string of the molecule is Cc1cccc(C2C=C(c3ccccc3)N/C(=N\c3nc(N)nc(N4CCOCC4)n3)O2)c1. The molecule has 2 aliphatic heterocycles. The van der Waals surface area contributed by atoms with Crippen molar-refractivity contribution in [2.24, 2.45) is 4.99 Å². The maximum absolute atomic E-state index is 6.20. The van der Waals surface area contributed by atoms with E-state index in [1.54, 1.807) is 0 Å². The van der Waals surface area contributed by atoms with Gasteiger partial charge in [-0.3, -0.25) is 0 Å². The van der Waals surface area contributed by atoms with Crippen molar-refractivity contribution in [1.29, 1.82) is 0 Å². The fourth-order valence-electron chi connectivity index (χ4n) is 3.76. The number of aryl methyl sites for hydroxylation is 1. The zero-order valence-electron chi connectivity index (χ0n) is 18.3. The number of morpholine rings is 1. The lowest BCUT2D eigenvalue weighted by molar-refractivity contribution is 0.122. The Morgan fingerprint density at radius 2 is 1.85 bits per heavy atom. The van der Waals surface area contributed by atoms with Crippen LogP contribution in [0, 0.1) is 6.92 Å². The highest BCUT2D eigenvalue weighted by atomic mass is 16.5. The van der Waals surface area contributed by atoms with Crippen LogP contribution in [0.1, 0.15) is 22.8 Å². The second-order valence-corrected chi connectivity index (χ2v) is 7.83. The van der Waals surface area contributed by atoms with Crippen LogP contribution in [0.3, 0.4) is 0 Å². The van der Waals surface area contributed by atoms with Gasteiger partial charge < -0.3 is 25.4 Å². The monoisotopic (exact) mass is 443 g/mol. The Kier molecular flexibility index (Phi) is 5.86. The van der Waals surface area contributed by atoms with Crippen LogP contribution in [0.25, 0.3) is 5.70 Å². The molecule has 33 heavy (non-hydrogen) atoms. The van der Waals surface area contributed by atoms with Crippen LogP contribution in [0.15, 0.2) is 65.7 Å². The number of hydrogen-bond acceptors (Lipinski definition) is 8. The number of ether oxygens (including phenoxy) is 2. The number of rotatable bonds is 4. The molecule has 9 heteroatoms. The molecular formula is C24H25N7O2. The van der Waals surface area contributed by atoms with Crippen LogP contribution in [-0.4, -0.2) is 47.3 Å². The average molecular weight is 444 g/mol. The number of hydrogen-bond donors (Lipinski definition) is 2. The molecule has 0 bridgehead atoms. The number of nitrogens with two attached hydrogens (primary N) is 1. The van der Waals surface area contributed by atoms with Crippen molar-refractivity contribution in [2.75, 3.05) is 36.9 Å². The van der Waals surface area contributed by atoms with Gasteiger partial charge in [0.1, 0.15) is 6.10 Å². The predicted molar refractivity (Wildman–Crippen MR) is 127 cm³/mol. The highest BCUT2D eigenvalue weighted by Gasteiger charge is 2.23. The van der Waals surface area contributed by atoms with Gasteiger partial charge in [-0.2, -0.15) is 19.9 Å². The predicted octanol–water partition coefficient (Wildman–Crippen LogP) is 2.99. The lowest BCUT2D eigenvalue weighted by Crippen LogP contribution is -2.37. The van der Waals surface area contributed by atoms with E-state index < -0.39 is 0 Å². The van der Waals surface area contributed by atoms with E-state index in [1.807, 2.05) is 53.4 Å². The largest absolute Gasteiger partial charge is 0.452 e. The molecule has 1 fully saturated rings. The molecule has 168 valence electrons. The van der Waals surface area contributed by atoms with Crippen molar-refractivity contribution < 1.29 is 9.47 Å². The summed E-state index contributed by atoms with van der Waals surface area (Å²) in [5.41, 5.74) is 10.1. The number of amidine groups is 1. The van der Waals surface area contributed by atoms with E-state index in [0.29, 0.717) is 38.3 Å². The van der Waals surface area contributed by atoms with Gasteiger partial charge in [-0.1, -0.05) is 60.2 Å². The molecule has 1 atom stereocenters. The Hall–Kier alpha value is -3.98. The summed E-state index contributed by atoms with van der Waals surface area (Å²) in [7, 11) is 0. The van der Waals surface area contributed by atoms with Crippen LogP contribution >= 0.6 is 0 Å². The van der Waals surface area contributed by atoms with E-state index >= 15 is 0 Å². The number of benzene rings is 2. The first-order chi connectivity index (χ1) is 16.1. The third-order valence-electron chi connectivity index (χ3n) is 5.38. The molecule has 0 radical (unpaired) electrons. The maximum Gasteiger partial charge on any atom is 0.298 e. The first kappa shape index (κ1) is 20.9. The van der Waals surface area contributed by atoms with Gasteiger partial charge in [0.25, 0.3) is 12.0 Å². The molecule has 2 aliphatic rings. The van der Waals surface area contributed by atoms with E-state index in [1.165, 1.54) is 0 Å². The van der Waals surface area contributed by atoms with Crippen LogP contribution in [-0.2, 0) is 9.47 Å². The molecule has 0 spiro atoms. The van der Waals surface area contributed by atoms with Crippen LogP contribution in [0.2, 0.25) is 0 Å². The first-order valence-corrected chi connectivity index (χ1v) is 10.8. The smallest absolute Gasteiger partial charge is 0.298 e. The topological polar surface area (TPSA) is 111 Å². The van der Waals surface area contributed by atoms with Gasteiger partial charge in [0.15, 0.2) is 0 Å². The fraction of sp³-hybridized carbons (Fsp3) is 0.250. The Balaban J connectivity index is 1.50. The molecule has 0 saturated carbocycles. The summed E-state index contributed by atoms with van der Waals surface area (Å²) in [6.07, 6.45) is 1.72. The Morgan fingerprint density at radius 1 is 1.03 bits per heavy atom. The van der Waals surface area contributed by atoms with Crippen molar-refractivity contribution in [3.63, 3.8) is 0 Å². The van der Waals surface area contributed by atoms with Gasteiger partial charge in [0.2, 0.25) is 11.9 Å². The Morgan fingerprint density at radius 3 is 2.64 bits per heavy atom. The van der Waals surface area contributed by atoms with Gasteiger partial charge in [-0.25, -0.2) is 0 Å².